The first-order valence-corrected chi connectivity index (χ1v) is 8.92. The summed E-state index contributed by atoms with van der Waals surface area (Å²) >= 11 is 12.8. The van der Waals surface area contributed by atoms with E-state index < -0.39 is 0 Å². The van der Waals surface area contributed by atoms with Gasteiger partial charge in [-0.2, -0.15) is 0 Å². The van der Waals surface area contributed by atoms with Crippen LogP contribution in [-0.4, -0.2) is 18.2 Å². The molecule has 2 rings (SSSR count). The number of esters is 1. The van der Waals surface area contributed by atoms with Crippen LogP contribution in [0, 0.1) is 0 Å². The van der Waals surface area contributed by atoms with Gasteiger partial charge in [0, 0.05) is 22.9 Å². The Morgan fingerprint density at radius 2 is 1.76 bits per heavy atom. The molecule has 1 N–H and O–H groups in total. The molecule has 0 fully saturated rings. The quantitative estimate of drug-likeness (QED) is 0.671. The number of hydrogen-bond acceptors (Lipinski definition) is 3. The molecule has 0 atom stereocenters. The SMILES string of the molecule is COC(=O)CCc1cc(Cl)c(Cc2ccc(O)c(C(C)C)c2)c(Cl)c1. The second-order valence-electron chi connectivity index (χ2n) is 6.34. The predicted octanol–water partition coefficient (Wildman–Crippen LogP) is 5.52. The van der Waals surface area contributed by atoms with Crippen LogP contribution in [0.3, 0.4) is 0 Å². The number of halogens is 2. The summed E-state index contributed by atoms with van der Waals surface area (Å²) in [5.41, 5.74) is 3.68. The molecular weight excluding hydrogens is 359 g/mol. The third-order valence-electron chi connectivity index (χ3n) is 4.14. The van der Waals surface area contributed by atoms with E-state index in [9.17, 15) is 9.90 Å². The summed E-state index contributed by atoms with van der Waals surface area (Å²) in [7, 11) is 1.37. The number of hydrogen-bond donors (Lipinski definition) is 1. The van der Waals surface area contributed by atoms with Crippen LogP contribution in [-0.2, 0) is 22.4 Å². The number of rotatable bonds is 6. The Kier molecular flexibility index (Phi) is 6.74. The van der Waals surface area contributed by atoms with Crippen molar-refractivity contribution in [1.29, 1.82) is 0 Å². The monoisotopic (exact) mass is 380 g/mol. The molecular formula is C20H22Cl2O3. The summed E-state index contributed by atoms with van der Waals surface area (Å²) in [6, 6.07) is 9.25. The summed E-state index contributed by atoms with van der Waals surface area (Å²) in [6.07, 6.45) is 1.40. The average Bonchev–Trinajstić information content (AvgIpc) is 2.57. The van der Waals surface area contributed by atoms with E-state index in [4.69, 9.17) is 23.2 Å². The van der Waals surface area contributed by atoms with Crippen LogP contribution in [0.5, 0.6) is 5.75 Å². The zero-order valence-electron chi connectivity index (χ0n) is 14.6. The fourth-order valence-corrected chi connectivity index (χ4v) is 3.36. The van der Waals surface area contributed by atoms with Gasteiger partial charge >= 0.3 is 5.97 Å². The second kappa shape index (κ2) is 8.59. The Balaban J connectivity index is 2.23. The van der Waals surface area contributed by atoms with Crippen LogP contribution < -0.4 is 0 Å². The number of ether oxygens (including phenoxy) is 1. The molecule has 0 heterocycles. The summed E-state index contributed by atoms with van der Waals surface area (Å²) in [5.74, 6) is 0.266. The molecule has 0 spiro atoms. The lowest BCUT2D eigenvalue weighted by Crippen LogP contribution is -2.02. The number of phenolic OH excluding ortho intramolecular Hbond substituents is 1. The van der Waals surface area contributed by atoms with Gasteiger partial charge in [0.2, 0.25) is 0 Å². The number of phenols is 1. The number of methoxy groups -OCH3 is 1. The van der Waals surface area contributed by atoms with Gasteiger partial charge in [0.1, 0.15) is 5.75 Å². The van der Waals surface area contributed by atoms with Crippen molar-refractivity contribution in [3.05, 3.63) is 62.6 Å². The zero-order chi connectivity index (χ0) is 18.6. The molecule has 2 aromatic rings. The molecule has 0 aliphatic heterocycles. The van der Waals surface area contributed by atoms with Crippen molar-refractivity contribution in [3.63, 3.8) is 0 Å². The van der Waals surface area contributed by atoms with Gasteiger partial charge in [0.05, 0.1) is 7.11 Å². The molecule has 0 aromatic heterocycles. The van der Waals surface area contributed by atoms with Crippen molar-refractivity contribution in [1.82, 2.24) is 0 Å². The standard InChI is InChI=1S/C20H22Cl2O3/c1-12(2)15-8-13(4-6-19(15)23)9-16-17(21)10-14(11-18(16)22)5-7-20(24)25-3/h4,6,8,10-12,23H,5,7,9H2,1-3H3. The second-order valence-corrected chi connectivity index (χ2v) is 7.15. The normalized spacial score (nSPS) is 11.0. The summed E-state index contributed by atoms with van der Waals surface area (Å²) in [4.78, 5) is 11.3. The smallest absolute Gasteiger partial charge is 0.305 e. The van der Waals surface area contributed by atoms with Crippen LogP contribution in [0.4, 0.5) is 0 Å². The highest BCUT2D eigenvalue weighted by Crippen LogP contribution is 2.32. The molecule has 134 valence electrons. The maximum Gasteiger partial charge on any atom is 0.305 e. The van der Waals surface area contributed by atoms with Crippen molar-refractivity contribution < 1.29 is 14.6 Å². The number of aryl methyl sites for hydroxylation is 1. The number of carbonyl (C=O) groups excluding carboxylic acids is 1. The van der Waals surface area contributed by atoms with Crippen LogP contribution in [0.2, 0.25) is 10.0 Å². The van der Waals surface area contributed by atoms with Crippen LogP contribution >= 0.6 is 23.2 Å². The van der Waals surface area contributed by atoms with E-state index in [1.165, 1.54) is 7.11 Å². The van der Waals surface area contributed by atoms with E-state index in [2.05, 4.69) is 4.74 Å². The third-order valence-corrected chi connectivity index (χ3v) is 4.82. The highest BCUT2D eigenvalue weighted by atomic mass is 35.5. The molecule has 2 aromatic carbocycles. The van der Waals surface area contributed by atoms with E-state index in [1.54, 1.807) is 6.07 Å². The maximum absolute atomic E-state index is 11.3. The van der Waals surface area contributed by atoms with Crippen LogP contribution in [0.1, 0.15) is 48.4 Å². The Labute approximate surface area is 158 Å². The highest BCUT2D eigenvalue weighted by Gasteiger charge is 2.13. The lowest BCUT2D eigenvalue weighted by atomic mass is 9.96. The average molecular weight is 381 g/mol. The third kappa shape index (κ3) is 5.13. The van der Waals surface area contributed by atoms with Gasteiger partial charge in [0.25, 0.3) is 0 Å². The van der Waals surface area contributed by atoms with Crippen molar-refractivity contribution in [2.45, 2.75) is 39.0 Å². The van der Waals surface area contributed by atoms with Crippen LogP contribution in [0.25, 0.3) is 0 Å². The summed E-state index contributed by atoms with van der Waals surface area (Å²) in [5, 5.41) is 11.1. The predicted molar refractivity (Wildman–Crippen MR) is 102 cm³/mol. The molecule has 0 aliphatic carbocycles. The Bertz CT molecular complexity index is 747. The highest BCUT2D eigenvalue weighted by molar-refractivity contribution is 6.36. The lowest BCUT2D eigenvalue weighted by Gasteiger charge is -2.13. The van der Waals surface area contributed by atoms with E-state index in [0.717, 1.165) is 22.3 Å². The van der Waals surface area contributed by atoms with Crippen LogP contribution in [0.15, 0.2) is 30.3 Å². The van der Waals surface area contributed by atoms with Gasteiger partial charge in [-0.3, -0.25) is 4.79 Å². The van der Waals surface area contributed by atoms with Gasteiger partial charge in [-0.25, -0.2) is 0 Å². The Morgan fingerprint density at radius 3 is 2.32 bits per heavy atom. The Morgan fingerprint density at radius 1 is 1.12 bits per heavy atom. The molecule has 25 heavy (non-hydrogen) atoms. The van der Waals surface area contributed by atoms with Gasteiger partial charge in [-0.05, 0) is 52.8 Å². The first-order chi connectivity index (χ1) is 11.8. The molecule has 0 amide bonds. The van der Waals surface area contributed by atoms with Crippen molar-refractivity contribution >= 4 is 29.2 Å². The first-order valence-electron chi connectivity index (χ1n) is 8.17. The van der Waals surface area contributed by atoms with Gasteiger partial charge in [-0.1, -0.05) is 49.2 Å². The summed E-state index contributed by atoms with van der Waals surface area (Å²) in [6.45, 7) is 4.07. The molecule has 0 saturated heterocycles. The molecule has 0 bridgehead atoms. The Hall–Kier alpha value is -1.71. The fourth-order valence-electron chi connectivity index (χ4n) is 2.70. The fraction of sp³-hybridized carbons (Fsp3) is 0.350. The molecule has 3 nitrogen and oxygen atoms in total. The van der Waals surface area contributed by atoms with E-state index in [1.807, 2.05) is 38.1 Å². The lowest BCUT2D eigenvalue weighted by molar-refractivity contribution is -0.140. The first kappa shape index (κ1) is 19.6. The van der Waals surface area contributed by atoms with E-state index in [0.29, 0.717) is 28.6 Å². The van der Waals surface area contributed by atoms with E-state index >= 15 is 0 Å². The number of aromatic hydroxyl groups is 1. The van der Waals surface area contributed by atoms with Gasteiger partial charge < -0.3 is 9.84 Å². The molecule has 0 aliphatic rings. The molecule has 0 radical (unpaired) electrons. The van der Waals surface area contributed by atoms with Crippen molar-refractivity contribution in [2.24, 2.45) is 0 Å². The largest absolute Gasteiger partial charge is 0.508 e. The molecule has 0 unspecified atom stereocenters. The molecule has 0 saturated carbocycles. The van der Waals surface area contributed by atoms with E-state index in [-0.39, 0.29) is 18.3 Å². The minimum Gasteiger partial charge on any atom is -0.508 e. The minimum absolute atomic E-state index is 0.228. The topological polar surface area (TPSA) is 46.5 Å². The van der Waals surface area contributed by atoms with Crippen molar-refractivity contribution in [2.75, 3.05) is 7.11 Å². The number of benzene rings is 2. The zero-order valence-corrected chi connectivity index (χ0v) is 16.1. The maximum atomic E-state index is 11.3. The van der Waals surface area contributed by atoms with Crippen molar-refractivity contribution in [3.8, 4) is 5.75 Å². The minimum atomic E-state index is -0.262. The summed E-state index contributed by atoms with van der Waals surface area (Å²) < 4.78 is 4.65. The van der Waals surface area contributed by atoms with Gasteiger partial charge in [0.15, 0.2) is 0 Å². The number of carbonyl (C=O) groups is 1. The van der Waals surface area contributed by atoms with Gasteiger partial charge in [-0.15, -0.1) is 0 Å². The molecule has 5 heteroatoms.